The minimum Gasteiger partial charge on any atom is -0.338 e. The number of hydrogen-bond donors (Lipinski definition) is 2. The van der Waals surface area contributed by atoms with Crippen LogP contribution in [0.3, 0.4) is 0 Å². The highest BCUT2D eigenvalue weighted by Gasteiger charge is 2.24. The summed E-state index contributed by atoms with van der Waals surface area (Å²) in [6.45, 7) is 2.50. The zero-order chi connectivity index (χ0) is 22.2. The number of aromatic amines is 1. The van der Waals surface area contributed by atoms with Crippen molar-refractivity contribution in [2.75, 3.05) is 16.8 Å². The van der Waals surface area contributed by atoms with Gasteiger partial charge in [-0.25, -0.2) is 9.37 Å². The zero-order valence-corrected chi connectivity index (χ0v) is 17.5. The van der Waals surface area contributed by atoms with Crippen molar-refractivity contribution >= 4 is 34.2 Å². The molecule has 0 spiro atoms. The van der Waals surface area contributed by atoms with Gasteiger partial charge in [-0.3, -0.25) is 9.59 Å². The Bertz CT molecular complexity index is 1360. The Labute approximate surface area is 184 Å². The molecule has 0 atom stereocenters. The van der Waals surface area contributed by atoms with E-state index in [-0.39, 0.29) is 17.6 Å². The number of aromatic nitrogens is 2. The fourth-order valence-corrected chi connectivity index (χ4v) is 4.06. The van der Waals surface area contributed by atoms with Crippen molar-refractivity contribution in [3.05, 3.63) is 77.6 Å². The van der Waals surface area contributed by atoms with Crippen LogP contribution in [0.5, 0.6) is 0 Å². The summed E-state index contributed by atoms with van der Waals surface area (Å²) >= 11 is 0. The van der Waals surface area contributed by atoms with E-state index < -0.39 is 0 Å². The number of benzene rings is 3. The Morgan fingerprint density at radius 2 is 2.00 bits per heavy atom. The quantitative estimate of drug-likeness (QED) is 0.484. The summed E-state index contributed by atoms with van der Waals surface area (Å²) in [6, 6.07) is 17.1. The highest BCUT2D eigenvalue weighted by atomic mass is 19.1. The van der Waals surface area contributed by atoms with Gasteiger partial charge in [0.2, 0.25) is 5.91 Å². The van der Waals surface area contributed by atoms with Crippen LogP contribution in [0.1, 0.15) is 29.3 Å². The van der Waals surface area contributed by atoms with Crippen LogP contribution in [0.15, 0.2) is 60.7 Å². The Morgan fingerprint density at radius 3 is 2.81 bits per heavy atom. The number of carbonyl (C=O) groups excluding carboxylic acids is 2. The minimum absolute atomic E-state index is 0.0893. The largest absolute Gasteiger partial charge is 0.338 e. The number of amides is 2. The van der Waals surface area contributed by atoms with Crippen LogP contribution in [0, 0.1) is 5.82 Å². The maximum absolute atomic E-state index is 13.5. The molecule has 0 bridgehead atoms. The molecular weight excluding hydrogens is 407 g/mol. The second-order valence-corrected chi connectivity index (χ2v) is 7.77. The lowest BCUT2D eigenvalue weighted by atomic mass is 10.1. The van der Waals surface area contributed by atoms with Crippen molar-refractivity contribution in [3.63, 3.8) is 0 Å². The van der Waals surface area contributed by atoms with E-state index in [1.54, 1.807) is 41.3 Å². The van der Waals surface area contributed by atoms with Crippen molar-refractivity contribution in [1.29, 1.82) is 0 Å². The van der Waals surface area contributed by atoms with Gasteiger partial charge in [-0.15, -0.1) is 0 Å². The molecule has 160 valence electrons. The molecule has 32 heavy (non-hydrogen) atoms. The maximum atomic E-state index is 13.5. The fraction of sp³-hybridized carbons (Fsp3) is 0.160. The Balaban J connectivity index is 1.36. The molecule has 5 rings (SSSR count). The third kappa shape index (κ3) is 3.62. The van der Waals surface area contributed by atoms with E-state index in [9.17, 15) is 14.0 Å². The average Bonchev–Trinajstić information content (AvgIpc) is 3.42. The smallest absolute Gasteiger partial charge is 0.255 e. The highest BCUT2D eigenvalue weighted by Crippen LogP contribution is 2.30. The second kappa shape index (κ2) is 7.92. The van der Waals surface area contributed by atoms with Gasteiger partial charge in [0.05, 0.1) is 11.0 Å². The summed E-state index contributed by atoms with van der Waals surface area (Å²) in [6.07, 6.45) is 1.20. The van der Waals surface area contributed by atoms with Crippen LogP contribution < -0.4 is 10.2 Å². The zero-order valence-electron chi connectivity index (χ0n) is 17.5. The summed E-state index contributed by atoms with van der Waals surface area (Å²) in [5, 5.41) is 2.92. The van der Waals surface area contributed by atoms with Gasteiger partial charge in [-0.05, 0) is 60.5 Å². The molecule has 6 nitrogen and oxygen atoms in total. The van der Waals surface area contributed by atoms with E-state index in [0.29, 0.717) is 35.6 Å². The van der Waals surface area contributed by atoms with Gasteiger partial charge < -0.3 is 15.2 Å². The minimum atomic E-state index is -0.326. The van der Waals surface area contributed by atoms with Gasteiger partial charge in [0, 0.05) is 35.5 Å². The van der Waals surface area contributed by atoms with Crippen LogP contribution >= 0.6 is 0 Å². The van der Waals surface area contributed by atoms with Crippen LogP contribution in [0.2, 0.25) is 0 Å². The monoisotopic (exact) mass is 428 g/mol. The van der Waals surface area contributed by atoms with Crippen LogP contribution in [0.25, 0.3) is 22.4 Å². The number of fused-ring (bicyclic) bond motifs is 2. The van der Waals surface area contributed by atoms with Crippen molar-refractivity contribution in [2.45, 2.75) is 19.8 Å². The predicted octanol–water partition coefficient (Wildman–Crippen LogP) is 4.92. The SMILES string of the molecule is CCC(=O)N1CCc2cc(C(=O)Nc3ccc4nc(-c5cccc(F)c5)[nH]c4c3)ccc21. The molecule has 0 fully saturated rings. The third-order valence-corrected chi connectivity index (χ3v) is 5.68. The lowest BCUT2D eigenvalue weighted by Gasteiger charge is -2.16. The van der Waals surface area contributed by atoms with E-state index in [1.165, 1.54) is 12.1 Å². The summed E-state index contributed by atoms with van der Waals surface area (Å²) in [5.74, 6) is 0.101. The molecule has 1 aliphatic heterocycles. The number of anilines is 2. The normalized spacial score (nSPS) is 12.8. The lowest BCUT2D eigenvalue weighted by molar-refractivity contribution is -0.118. The first kappa shape index (κ1) is 19.9. The molecule has 4 aromatic rings. The standard InChI is InChI=1S/C25H21FN4O2/c1-2-23(31)30-11-10-15-12-17(6-9-22(15)30)25(32)27-19-7-8-20-21(14-19)29-24(28-20)16-4-3-5-18(26)13-16/h3-9,12-14H,2,10-11H2,1H3,(H,27,32)(H,28,29). The van der Waals surface area contributed by atoms with Gasteiger partial charge in [-0.2, -0.15) is 0 Å². The Hall–Kier alpha value is -4.00. The van der Waals surface area contributed by atoms with Gasteiger partial charge in [0.1, 0.15) is 11.6 Å². The molecule has 1 aromatic heterocycles. The van der Waals surface area contributed by atoms with Crippen LogP contribution in [0.4, 0.5) is 15.8 Å². The number of nitrogens with zero attached hydrogens (tertiary/aromatic N) is 2. The van der Waals surface area contributed by atoms with E-state index in [2.05, 4.69) is 15.3 Å². The summed E-state index contributed by atoms with van der Waals surface area (Å²) in [5.41, 5.74) is 5.17. The number of hydrogen-bond acceptors (Lipinski definition) is 3. The highest BCUT2D eigenvalue weighted by molar-refractivity contribution is 6.06. The van der Waals surface area contributed by atoms with E-state index >= 15 is 0 Å². The number of halogens is 1. The Morgan fingerprint density at radius 1 is 1.12 bits per heavy atom. The molecule has 0 radical (unpaired) electrons. The summed E-state index contributed by atoms with van der Waals surface area (Å²) < 4.78 is 13.5. The molecule has 1 aliphatic rings. The number of H-pyrrole nitrogens is 1. The molecule has 2 N–H and O–H groups in total. The van der Waals surface area contributed by atoms with Crippen molar-refractivity contribution in [3.8, 4) is 11.4 Å². The second-order valence-electron chi connectivity index (χ2n) is 7.77. The average molecular weight is 428 g/mol. The first-order valence-corrected chi connectivity index (χ1v) is 10.5. The van der Waals surface area contributed by atoms with E-state index in [1.807, 2.05) is 19.1 Å². The maximum Gasteiger partial charge on any atom is 0.255 e. The summed E-state index contributed by atoms with van der Waals surface area (Å²) in [7, 11) is 0. The number of imidazole rings is 1. The van der Waals surface area contributed by atoms with Crippen LogP contribution in [-0.2, 0) is 11.2 Å². The number of rotatable bonds is 4. The van der Waals surface area contributed by atoms with E-state index in [4.69, 9.17) is 0 Å². The topological polar surface area (TPSA) is 78.1 Å². The lowest BCUT2D eigenvalue weighted by Crippen LogP contribution is -2.27. The number of nitrogens with one attached hydrogen (secondary N) is 2. The Kier molecular flexibility index (Phi) is 4.93. The molecule has 0 unspecified atom stereocenters. The third-order valence-electron chi connectivity index (χ3n) is 5.68. The fourth-order valence-electron chi connectivity index (χ4n) is 4.06. The summed E-state index contributed by atoms with van der Waals surface area (Å²) in [4.78, 5) is 34.4. The van der Waals surface area contributed by atoms with Gasteiger partial charge in [0.15, 0.2) is 0 Å². The number of carbonyl (C=O) groups is 2. The molecule has 0 aliphatic carbocycles. The molecule has 0 saturated carbocycles. The van der Waals surface area contributed by atoms with E-state index in [0.717, 1.165) is 28.7 Å². The molecule has 2 amide bonds. The molecular formula is C25H21FN4O2. The van der Waals surface area contributed by atoms with Crippen molar-refractivity contribution < 1.29 is 14.0 Å². The molecule has 3 aromatic carbocycles. The predicted molar refractivity (Wildman–Crippen MR) is 122 cm³/mol. The van der Waals surface area contributed by atoms with Crippen molar-refractivity contribution in [2.24, 2.45) is 0 Å². The first-order valence-electron chi connectivity index (χ1n) is 10.5. The molecule has 0 saturated heterocycles. The first-order chi connectivity index (χ1) is 15.5. The van der Waals surface area contributed by atoms with Gasteiger partial charge in [-0.1, -0.05) is 19.1 Å². The van der Waals surface area contributed by atoms with Gasteiger partial charge >= 0.3 is 0 Å². The van der Waals surface area contributed by atoms with Crippen LogP contribution in [-0.4, -0.2) is 28.3 Å². The molecule has 7 heteroatoms. The molecule has 2 heterocycles. The van der Waals surface area contributed by atoms with Crippen molar-refractivity contribution in [1.82, 2.24) is 9.97 Å². The van der Waals surface area contributed by atoms with Gasteiger partial charge in [0.25, 0.3) is 5.91 Å².